The molecule has 0 radical (unpaired) electrons. The number of carbonyl (C=O) groups is 1. The Labute approximate surface area is 145 Å². The molecule has 0 aliphatic carbocycles. The summed E-state index contributed by atoms with van der Waals surface area (Å²) in [5, 5.41) is 9.09. The minimum Gasteiger partial charge on any atom is -0.492 e. The lowest BCUT2D eigenvalue weighted by atomic mass is 9.95. The van der Waals surface area contributed by atoms with Crippen LogP contribution in [0.25, 0.3) is 0 Å². The fourth-order valence-corrected chi connectivity index (χ4v) is 3.64. The van der Waals surface area contributed by atoms with Crippen molar-refractivity contribution in [1.82, 2.24) is 19.7 Å². The number of amides is 1. The van der Waals surface area contributed by atoms with Crippen LogP contribution in [0.3, 0.4) is 0 Å². The molecule has 3 heterocycles. The minimum absolute atomic E-state index is 0.118. The van der Waals surface area contributed by atoms with E-state index in [-0.39, 0.29) is 11.8 Å². The number of aromatic nitrogens is 3. The summed E-state index contributed by atoms with van der Waals surface area (Å²) in [4.78, 5) is 14.8. The van der Waals surface area contributed by atoms with E-state index in [1.165, 1.54) is 0 Å². The lowest BCUT2D eigenvalue weighted by Gasteiger charge is -2.33. The van der Waals surface area contributed by atoms with E-state index in [2.05, 4.69) is 21.7 Å². The second-order valence-electron chi connectivity index (χ2n) is 6.26. The Bertz CT molecular complexity index is 789. The number of halogens is 1. The number of carbonyl (C=O) groups excluding carboxylic acids is 1. The van der Waals surface area contributed by atoms with Gasteiger partial charge in [0.1, 0.15) is 18.2 Å². The summed E-state index contributed by atoms with van der Waals surface area (Å²) in [6.07, 6.45) is 1.52. The Kier molecular flexibility index (Phi) is 3.92. The van der Waals surface area contributed by atoms with E-state index in [1.807, 2.05) is 23.1 Å². The molecule has 1 amide bonds. The van der Waals surface area contributed by atoms with Crippen LogP contribution in [0.1, 0.15) is 24.1 Å². The third kappa shape index (κ3) is 2.65. The predicted molar refractivity (Wildman–Crippen MR) is 89.0 cm³/mol. The van der Waals surface area contributed by atoms with Crippen molar-refractivity contribution in [2.75, 3.05) is 13.2 Å². The Hall–Kier alpha value is -2.08. The maximum absolute atomic E-state index is 12.9. The van der Waals surface area contributed by atoms with Gasteiger partial charge in [-0.3, -0.25) is 4.79 Å². The zero-order valence-electron chi connectivity index (χ0n) is 13.5. The molecule has 1 aromatic heterocycles. The molecule has 0 bridgehead atoms. The quantitative estimate of drug-likeness (QED) is 0.835. The van der Waals surface area contributed by atoms with Gasteiger partial charge in [-0.25, -0.2) is 0 Å². The predicted octanol–water partition coefficient (Wildman–Crippen LogP) is 2.09. The summed E-state index contributed by atoms with van der Waals surface area (Å²) in [6, 6.07) is 5.57. The molecule has 0 fully saturated rings. The highest BCUT2D eigenvalue weighted by Gasteiger charge is 2.32. The second kappa shape index (κ2) is 6.09. The van der Waals surface area contributed by atoms with E-state index in [0.29, 0.717) is 31.1 Å². The molecule has 0 N–H and O–H groups in total. The summed E-state index contributed by atoms with van der Waals surface area (Å²) in [5.74, 6) is 2.63. The van der Waals surface area contributed by atoms with Crippen LogP contribution in [-0.2, 0) is 30.7 Å². The Morgan fingerprint density at radius 2 is 2.25 bits per heavy atom. The van der Waals surface area contributed by atoms with E-state index in [4.69, 9.17) is 16.3 Å². The van der Waals surface area contributed by atoms with Gasteiger partial charge in [0.15, 0.2) is 5.82 Å². The molecular formula is C17H19ClN4O2. The van der Waals surface area contributed by atoms with Gasteiger partial charge in [-0.15, -0.1) is 10.2 Å². The topological polar surface area (TPSA) is 60.2 Å². The number of hydrogen-bond acceptors (Lipinski definition) is 4. The number of nitrogens with zero attached hydrogens (tertiary/aromatic N) is 4. The molecule has 7 heteroatoms. The highest BCUT2D eigenvalue weighted by molar-refractivity contribution is 6.30. The van der Waals surface area contributed by atoms with E-state index in [1.54, 1.807) is 0 Å². The van der Waals surface area contributed by atoms with Crippen molar-refractivity contribution in [3.05, 3.63) is 40.4 Å². The summed E-state index contributed by atoms with van der Waals surface area (Å²) < 4.78 is 7.88. The standard InChI is InChI=1S/C17H19ClN4O2/c1-2-15-19-20-16-9-21(5-6-22(15)16)17(23)12-7-11-8-13(18)3-4-14(11)24-10-12/h3-4,8,12H,2,5-7,9-10H2,1H3. The summed E-state index contributed by atoms with van der Waals surface area (Å²) >= 11 is 6.06. The van der Waals surface area contributed by atoms with Gasteiger partial charge >= 0.3 is 0 Å². The number of fused-ring (bicyclic) bond motifs is 2. The van der Waals surface area contributed by atoms with Crippen molar-refractivity contribution in [2.24, 2.45) is 5.92 Å². The molecule has 126 valence electrons. The van der Waals surface area contributed by atoms with E-state index >= 15 is 0 Å². The smallest absolute Gasteiger partial charge is 0.229 e. The van der Waals surface area contributed by atoms with Crippen LogP contribution in [0.15, 0.2) is 18.2 Å². The Morgan fingerprint density at radius 3 is 3.08 bits per heavy atom. The van der Waals surface area contributed by atoms with Crippen LogP contribution in [-0.4, -0.2) is 38.7 Å². The molecule has 0 saturated carbocycles. The summed E-state index contributed by atoms with van der Waals surface area (Å²) in [5.41, 5.74) is 1.00. The Balaban J connectivity index is 1.49. The third-order valence-corrected chi connectivity index (χ3v) is 4.97. The number of hydrogen-bond donors (Lipinski definition) is 0. The minimum atomic E-state index is -0.170. The first-order chi connectivity index (χ1) is 11.7. The average molecular weight is 347 g/mol. The number of rotatable bonds is 2. The van der Waals surface area contributed by atoms with Crippen LogP contribution in [0.2, 0.25) is 5.02 Å². The van der Waals surface area contributed by atoms with Crippen LogP contribution in [0, 0.1) is 5.92 Å². The van der Waals surface area contributed by atoms with Crippen molar-refractivity contribution in [3.8, 4) is 5.75 Å². The SMILES string of the molecule is CCc1nnc2n1CCN(C(=O)C1COc3ccc(Cl)cc3C1)C2. The molecule has 1 unspecified atom stereocenters. The van der Waals surface area contributed by atoms with Crippen LogP contribution in [0.4, 0.5) is 0 Å². The molecule has 24 heavy (non-hydrogen) atoms. The fourth-order valence-electron chi connectivity index (χ4n) is 3.45. The lowest BCUT2D eigenvalue weighted by Crippen LogP contribution is -2.44. The highest BCUT2D eigenvalue weighted by atomic mass is 35.5. The maximum atomic E-state index is 12.9. The highest BCUT2D eigenvalue weighted by Crippen LogP contribution is 2.31. The van der Waals surface area contributed by atoms with E-state index in [9.17, 15) is 4.79 Å². The first-order valence-corrected chi connectivity index (χ1v) is 8.64. The molecule has 2 aromatic rings. The second-order valence-corrected chi connectivity index (χ2v) is 6.70. The molecule has 4 rings (SSSR count). The fraction of sp³-hybridized carbons (Fsp3) is 0.471. The van der Waals surface area contributed by atoms with Gasteiger partial charge in [0.05, 0.1) is 12.5 Å². The molecular weight excluding hydrogens is 328 g/mol. The molecule has 2 aliphatic heterocycles. The molecule has 6 nitrogen and oxygen atoms in total. The molecule has 1 atom stereocenters. The van der Waals surface area contributed by atoms with Crippen LogP contribution >= 0.6 is 11.6 Å². The van der Waals surface area contributed by atoms with Crippen molar-refractivity contribution >= 4 is 17.5 Å². The van der Waals surface area contributed by atoms with Crippen LogP contribution < -0.4 is 4.74 Å². The Morgan fingerprint density at radius 1 is 1.38 bits per heavy atom. The van der Waals surface area contributed by atoms with Crippen molar-refractivity contribution < 1.29 is 9.53 Å². The normalized spacial score (nSPS) is 19.4. The van der Waals surface area contributed by atoms with Gasteiger partial charge in [-0.2, -0.15) is 0 Å². The van der Waals surface area contributed by atoms with Crippen molar-refractivity contribution in [3.63, 3.8) is 0 Å². The lowest BCUT2D eigenvalue weighted by molar-refractivity contribution is -0.138. The van der Waals surface area contributed by atoms with E-state index in [0.717, 1.165) is 35.9 Å². The first-order valence-electron chi connectivity index (χ1n) is 8.26. The zero-order chi connectivity index (χ0) is 16.7. The summed E-state index contributed by atoms with van der Waals surface area (Å²) in [6.45, 7) is 4.45. The molecule has 1 aromatic carbocycles. The molecule has 0 saturated heterocycles. The molecule has 2 aliphatic rings. The zero-order valence-corrected chi connectivity index (χ0v) is 14.3. The van der Waals surface area contributed by atoms with Gasteiger partial charge < -0.3 is 14.2 Å². The van der Waals surface area contributed by atoms with Gasteiger partial charge in [0.25, 0.3) is 0 Å². The monoisotopic (exact) mass is 346 g/mol. The largest absolute Gasteiger partial charge is 0.492 e. The van der Waals surface area contributed by atoms with Crippen molar-refractivity contribution in [1.29, 1.82) is 0 Å². The number of aryl methyl sites for hydroxylation is 1. The maximum Gasteiger partial charge on any atom is 0.229 e. The summed E-state index contributed by atoms with van der Waals surface area (Å²) in [7, 11) is 0. The van der Waals surface area contributed by atoms with Gasteiger partial charge in [0, 0.05) is 24.5 Å². The van der Waals surface area contributed by atoms with Gasteiger partial charge in [0.2, 0.25) is 5.91 Å². The third-order valence-electron chi connectivity index (χ3n) is 4.74. The van der Waals surface area contributed by atoms with Crippen molar-refractivity contribution in [2.45, 2.75) is 32.9 Å². The first kappa shape index (κ1) is 15.4. The average Bonchev–Trinajstić information content (AvgIpc) is 3.02. The number of benzene rings is 1. The van der Waals surface area contributed by atoms with Gasteiger partial charge in [-0.05, 0) is 30.2 Å². The van der Waals surface area contributed by atoms with Crippen LogP contribution in [0.5, 0.6) is 5.75 Å². The van der Waals surface area contributed by atoms with E-state index < -0.39 is 0 Å². The molecule has 0 spiro atoms. The van der Waals surface area contributed by atoms with Gasteiger partial charge in [-0.1, -0.05) is 18.5 Å². The number of ether oxygens (including phenoxy) is 1.